The summed E-state index contributed by atoms with van der Waals surface area (Å²) >= 11 is 0. The Morgan fingerprint density at radius 1 is 1.33 bits per heavy atom. The highest BCUT2D eigenvalue weighted by Gasteiger charge is 2.44. The lowest BCUT2D eigenvalue weighted by atomic mass is 9.88. The first kappa shape index (κ1) is 10.6. The van der Waals surface area contributed by atoms with Crippen LogP contribution in [0.5, 0.6) is 0 Å². The van der Waals surface area contributed by atoms with Crippen LogP contribution >= 0.6 is 0 Å². The van der Waals surface area contributed by atoms with Gasteiger partial charge < -0.3 is 19.7 Å². The second kappa shape index (κ2) is 3.83. The third-order valence-corrected chi connectivity index (χ3v) is 3.95. The highest BCUT2D eigenvalue weighted by atomic mass is 16.6. The van der Waals surface area contributed by atoms with Gasteiger partial charge in [0.2, 0.25) is 0 Å². The molecule has 0 spiro atoms. The molecule has 1 N–H and O–H groups in total. The first-order valence-electron chi connectivity index (χ1n) is 6.50. The minimum atomic E-state index is 0.00663. The van der Waals surface area contributed by atoms with E-state index >= 15 is 0 Å². The molecule has 18 heavy (non-hydrogen) atoms. The Balaban J connectivity index is 1.56. The molecule has 1 aliphatic carbocycles. The summed E-state index contributed by atoms with van der Waals surface area (Å²) in [5.74, 6) is 0.357. The van der Waals surface area contributed by atoms with Crippen LogP contribution in [0.1, 0.15) is 6.42 Å². The Bertz CT molecular complexity index is 438. The molecular weight excluding hydrogens is 232 g/mol. The molecule has 0 aromatic rings. The fourth-order valence-corrected chi connectivity index (χ4v) is 2.88. The summed E-state index contributed by atoms with van der Waals surface area (Å²) in [6.07, 6.45) is 7.84. The van der Waals surface area contributed by atoms with Crippen molar-refractivity contribution in [2.75, 3.05) is 19.8 Å². The monoisotopic (exact) mass is 248 g/mol. The predicted octanol–water partition coefficient (Wildman–Crippen LogP) is 0.638. The average molecular weight is 248 g/mol. The van der Waals surface area contributed by atoms with Gasteiger partial charge in [0, 0.05) is 11.6 Å². The second-order valence-corrected chi connectivity index (χ2v) is 5.34. The van der Waals surface area contributed by atoms with Gasteiger partial charge in [0.25, 0.3) is 0 Å². The summed E-state index contributed by atoms with van der Waals surface area (Å²) in [5.41, 5.74) is 1.02. The molecule has 0 radical (unpaired) electrons. The van der Waals surface area contributed by atoms with Crippen LogP contribution in [0.15, 0.2) is 23.9 Å². The van der Waals surface area contributed by atoms with Gasteiger partial charge in [0.1, 0.15) is 0 Å². The van der Waals surface area contributed by atoms with Gasteiger partial charge in [-0.2, -0.15) is 0 Å². The Morgan fingerprint density at radius 2 is 2.11 bits per heavy atom. The van der Waals surface area contributed by atoms with Crippen molar-refractivity contribution < 1.29 is 14.3 Å². The molecule has 0 aromatic carbocycles. The van der Waals surface area contributed by atoms with E-state index in [-0.39, 0.29) is 18.2 Å². The number of hydrogen-bond acceptors (Lipinski definition) is 3. The van der Waals surface area contributed by atoms with E-state index in [1.54, 1.807) is 0 Å². The first-order chi connectivity index (χ1) is 8.81. The summed E-state index contributed by atoms with van der Waals surface area (Å²) in [6.45, 7) is 2.34. The fraction of sp³-hybridized carbons (Fsp3) is 0.615. The minimum absolute atomic E-state index is 0.00663. The Hall–Kier alpha value is -1.33. The van der Waals surface area contributed by atoms with Crippen molar-refractivity contribution in [3.63, 3.8) is 0 Å². The second-order valence-electron chi connectivity index (χ2n) is 5.34. The van der Waals surface area contributed by atoms with Gasteiger partial charge in [-0.25, -0.2) is 4.79 Å². The van der Waals surface area contributed by atoms with Crippen molar-refractivity contribution in [1.82, 2.24) is 10.2 Å². The van der Waals surface area contributed by atoms with Crippen LogP contribution in [0.25, 0.3) is 0 Å². The van der Waals surface area contributed by atoms with Crippen molar-refractivity contribution in [1.29, 1.82) is 0 Å². The largest absolute Gasteiger partial charge is 0.373 e. The van der Waals surface area contributed by atoms with Crippen LogP contribution in [0.2, 0.25) is 0 Å². The number of epoxide rings is 2. The molecule has 3 saturated heterocycles. The first-order valence-corrected chi connectivity index (χ1v) is 6.50. The fourth-order valence-electron chi connectivity index (χ4n) is 2.88. The maximum absolute atomic E-state index is 12.0. The molecule has 4 aliphatic rings. The number of nitrogens with zero attached hydrogens (tertiary/aromatic N) is 1. The number of carbonyl (C=O) groups excluding carboxylic acids is 1. The van der Waals surface area contributed by atoms with E-state index in [9.17, 15) is 4.79 Å². The maximum Gasteiger partial charge on any atom is 0.322 e. The van der Waals surface area contributed by atoms with Crippen molar-refractivity contribution in [2.24, 2.45) is 5.92 Å². The lowest BCUT2D eigenvalue weighted by Crippen LogP contribution is -2.41. The van der Waals surface area contributed by atoms with Crippen molar-refractivity contribution in [2.45, 2.75) is 24.7 Å². The maximum atomic E-state index is 12.0. The van der Waals surface area contributed by atoms with E-state index in [0.717, 1.165) is 25.3 Å². The Kier molecular flexibility index (Phi) is 2.25. The van der Waals surface area contributed by atoms with E-state index < -0.39 is 0 Å². The van der Waals surface area contributed by atoms with E-state index in [2.05, 4.69) is 11.4 Å². The molecule has 4 atom stereocenters. The van der Waals surface area contributed by atoms with Crippen molar-refractivity contribution >= 4 is 6.03 Å². The summed E-state index contributed by atoms with van der Waals surface area (Å²) in [5, 5.41) is 2.96. The number of allylic oxidation sites excluding steroid dienone is 2. The molecule has 4 unspecified atom stereocenters. The SMILES string of the molecule is O=C1NC2=CC=CC(CC3CO3)C2N1CC1CO1. The summed E-state index contributed by atoms with van der Waals surface area (Å²) < 4.78 is 10.6. The predicted molar refractivity (Wildman–Crippen MR) is 63.8 cm³/mol. The summed E-state index contributed by atoms with van der Waals surface area (Å²) in [6, 6.07) is 0.156. The van der Waals surface area contributed by atoms with E-state index in [4.69, 9.17) is 9.47 Å². The molecule has 3 fully saturated rings. The number of ether oxygens (including phenoxy) is 2. The normalized spacial score (nSPS) is 40.3. The molecule has 5 heteroatoms. The zero-order valence-electron chi connectivity index (χ0n) is 10.0. The van der Waals surface area contributed by atoms with Crippen LogP contribution in [-0.2, 0) is 9.47 Å². The van der Waals surface area contributed by atoms with Crippen LogP contribution in [0, 0.1) is 5.92 Å². The molecule has 96 valence electrons. The molecule has 2 amide bonds. The van der Waals surface area contributed by atoms with Crippen LogP contribution < -0.4 is 5.32 Å². The van der Waals surface area contributed by atoms with Gasteiger partial charge in [-0.05, 0) is 12.5 Å². The van der Waals surface area contributed by atoms with E-state index in [1.807, 2.05) is 17.1 Å². The third kappa shape index (κ3) is 1.83. The minimum Gasteiger partial charge on any atom is -0.373 e. The smallest absolute Gasteiger partial charge is 0.322 e. The average Bonchev–Trinajstić information content (AvgIpc) is 3.22. The van der Waals surface area contributed by atoms with Gasteiger partial charge in [0.15, 0.2) is 0 Å². The van der Waals surface area contributed by atoms with Gasteiger partial charge in [-0.15, -0.1) is 0 Å². The van der Waals surface area contributed by atoms with Gasteiger partial charge in [0.05, 0.1) is 38.0 Å². The Morgan fingerprint density at radius 3 is 2.83 bits per heavy atom. The quantitative estimate of drug-likeness (QED) is 0.743. The van der Waals surface area contributed by atoms with Crippen LogP contribution in [0.4, 0.5) is 4.79 Å². The number of nitrogens with one attached hydrogen (secondary N) is 1. The zero-order valence-corrected chi connectivity index (χ0v) is 10.0. The van der Waals surface area contributed by atoms with Crippen LogP contribution in [-0.4, -0.2) is 48.9 Å². The lowest BCUT2D eigenvalue weighted by molar-refractivity contribution is 0.182. The number of carbonyl (C=O) groups is 1. The molecule has 4 rings (SSSR count). The van der Waals surface area contributed by atoms with Crippen molar-refractivity contribution in [3.05, 3.63) is 23.9 Å². The topological polar surface area (TPSA) is 57.4 Å². The molecule has 0 aromatic heterocycles. The summed E-state index contributed by atoms with van der Waals surface area (Å²) in [7, 11) is 0. The standard InChI is InChI=1S/C13H16N2O3/c16-13-14-11-3-1-2-8(4-9-6-17-9)12(11)15(13)5-10-7-18-10/h1-3,8-10,12H,4-7H2,(H,14,16). The Labute approximate surface area is 105 Å². The molecule has 3 heterocycles. The molecule has 0 bridgehead atoms. The number of urea groups is 1. The molecule has 5 nitrogen and oxygen atoms in total. The van der Waals surface area contributed by atoms with Gasteiger partial charge in [-0.3, -0.25) is 0 Å². The molecule has 0 saturated carbocycles. The third-order valence-electron chi connectivity index (χ3n) is 3.95. The summed E-state index contributed by atoms with van der Waals surface area (Å²) in [4.78, 5) is 13.9. The number of amides is 2. The molecular formula is C13H16N2O3. The number of rotatable bonds is 4. The van der Waals surface area contributed by atoms with E-state index in [1.165, 1.54) is 0 Å². The number of hydrogen-bond donors (Lipinski definition) is 1. The van der Waals surface area contributed by atoms with Crippen LogP contribution in [0.3, 0.4) is 0 Å². The zero-order chi connectivity index (χ0) is 12.1. The highest BCUT2D eigenvalue weighted by molar-refractivity contribution is 5.81. The molecule has 3 aliphatic heterocycles. The van der Waals surface area contributed by atoms with Gasteiger partial charge >= 0.3 is 6.03 Å². The number of fused-ring (bicyclic) bond motifs is 1. The highest BCUT2D eigenvalue weighted by Crippen LogP contribution is 2.34. The van der Waals surface area contributed by atoms with Gasteiger partial charge in [-0.1, -0.05) is 12.2 Å². The van der Waals surface area contributed by atoms with E-state index in [0.29, 0.717) is 18.6 Å². The lowest BCUT2D eigenvalue weighted by Gasteiger charge is -2.30. The van der Waals surface area contributed by atoms with Crippen molar-refractivity contribution in [3.8, 4) is 0 Å².